The SMILES string of the molecule is CNC(CSc1nccn1C)c1cc(C)cc(C)c1. The lowest BCUT2D eigenvalue weighted by Gasteiger charge is -2.17. The second-order valence-corrected chi connectivity index (χ2v) is 5.88. The summed E-state index contributed by atoms with van der Waals surface area (Å²) < 4.78 is 2.05. The molecule has 0 bridgehead atoms. The van der Waals surface area contributed by atoms with Gasteiger partial charge in [-0.3, -0.25) is 0 Å². The lowest BCUT2D eigenvalue weighted by atomic mass is 10.0. The van der Waals surface area contributed by atoms with E-state index in [0.29, 0.717) is 6.04 Å². The summed E-state index contributed by atoms with van der Waals surface area (Å²) in [7, 11) is 4.04. The van der Waals surface area contributed by atoms with Crippen molar-refractivity contribution in [3.63, 3.8) is 0 Å². The van der Waals surface area contributed by atoms with Gasteiger partial charge >= 0.3 is 0 Å². The summed E-state index contributed by atoms with van der Waals surface area (Å²) in [6, 6.07) is 7.07. The van der Waals surface area contributed by atoms with E-state index in [1.807, 2.05) is 26.5 Å². The van der Waals surface area contributed by atoms with Crippen molar-refractivity contribution in [2.24, 2.45) is 7.05 Å². The summed E-state index contributed by atoms with van der Waals surface area (Å²) in [4.78, 5) is 4.35. The van der Waals surface area contributed by atoms with Crippen molar-refractivity contribution in [3.8, 4) is 0 Å². The highest BCUT2D eigenvalue weighted by molar-refractivity contribution is 7.99. The van der Waals surface area contributed by atoms with Gasteiger partial charge in [-0.2, -0.15) is 0 Å². The van der Waals surface area contributed by atoms with Gasteiger partial charge in [-0.15, -0.1) is 0 Å². The normalized spacial score (nSPS) is 12.6. The molecule has 0 saturated heterocycles. The zero-order valence-electron chi connectivity index (χ0n) is 12.0. The van der Waals surface area contributed by atoms with E-state index in [1.165, 1.54) is 16.7 Å². The topological polar surface area (TPSA) is 29.9 Å². The van der Waals surface area contributed by atoms with Crippen LogP contribution in [0.1, 0.15) is 22.7 Å². The minimum Gasteiger partial charge on any atom is -0.329 e. The van der Waals surface area contributed by atoms with Gasteiger partial charge < -0.3 is 9.88 Å². The Bertz CT molecular complexity index is 528. The molecule has 0 fully saturated rings. The van der Waals surface area contributed by atoms with E-state index in [0.717, 1.165) is 10.9 Å². The van der Waals surface area contributed by atoms with E-state index in [2.05, 4.69) is 46.9 Å². The van der Waals surface area contributed by atoms with Crippen LogP contribution in [0.3, 0.4) is 0 Å². The molecule has 0 aliphatic rings. The number of hydrogen-bond donors (Lipinski definition) is 1. The Morgan fingerprint density at radius 3 is 2.47 bits per heavy atom. The molecule has 102 valence electrons. The molecular formula is C15H21N3S. The maximum Gasteiger partial charge on any atom is 0.167 e. The van der Waals surface area contributed by atoms with Gasteiger partial charge in [-0.25, -0.2) is 4.98 Å². The van der Waals surface area contributed by atoms with Crippen LogP contribution < -0.4 is 5.32 Å². The molecule has 0 spiro atoms. The molecule has 2 aromatic rings. The van der Waals surface area contributed by atoms with Crippen LogP contribution in [0, 0.1) is 13.8 Å². The van der Waals surface area contributed by atoms with Crippen LogP contribution in [0.4, 0.5) is 0 Å². The Morgan fingerprint density at radius 1 is 1.26 bits per heavy atom. The molecule has 0 aliphatic carbocycles. The van der Waals surface area contributed by atoms with E-state index < -0.39 is 0 Å². The minimum absolute atomic E-state index is 0.348. The van der Waals surface area contributed by atoms with E-state index >= 15 is 0 Å². The fraction of sp³-hybridized carbons (Fsp3) is 0.400. The Labute approximate surface area is 119 Å². The van der Waals surface area contributed by atoms with Gasteiger partial charge in [0.05, 0.1) is 0 Å². The molecule has 19 heavy (non-hydrogen) atoms. The number of nitrogens with zero attached hydrogens (tertiary/aromatic N) is 2. The molecule has 1 atom stereocenters. The highest BCUT2D eigenvalue weighted by Crippen LogP contribution is 2.24. The number of aryl methyl sites for hydroxylation is 3. The quantitative estimate of drug-likeness (QED) is 0.850. The molecule has 1 aromatic carbocycles. The second kappa shape index (κ2) is 6.26. The lowest BCUT2D eigenvalue weighted by molar-refractivity contribution is 0.658. The predicted molar refractivity (Wildman–Crippen MR) is 81.6 cm³/mol. The first-order valence-corrected chi connectivity index (χ1v) is 7.44. The van der Waals surface area contributed by atoms with E-state index in [4.69, 9.17) is 0 Å². The summed E-state index contributed by atoms with van der Waals surface area (Å²) in [5, 5.41) is 4.46. The summed E-state index contributed by atoms with van der Waals surface area (Å²) in [5.41, 5.74) is 3.98. The van der Waals surface area contributed by atoms with Gasteiger partial charge in [0.2, 0.25) is 0 Å². The van der Waals surface area contributed by atoms with Gasteiger partial charge in [0.15, 0.2) is 5.16 Å². The van der Waals surface area contributed by atoms with Gasteiger partial charge in [0.1, 0.15) is 0 Å². The third-order valence-electron chi connectivity index (χ3n) is 3.15. The van der Waals surface area contributed by atoms with Crippen LogP contribution in [-0.4, -0.2) is 22.4 Å². The molecule has 1 heterocycles. The van der Waals surface area contributed by atoms with Crippen LogP contribution in [0.25, 0.3) is 0 Å². The highest BCUT2D eigenvalue weighted by atomic mass is 32.2. The first kappa shape index (κ1) is 14.2. The third kappa shape index (κ3) is 3.61. The lowest BCUT2D eigenvalue weighted by Crippen LogP contribution is -2.19. The zero-order valence-corrected chi connectivity index (χ0v) is 12.8. The van der Waals surface area contributed by atoms with Crippen molar-refractivity contribution in [1.29, 1.82) is 0 Å². The van der Waals surface area contributed by atoms with Crippen molar-refractivity contribution in [2.45, 2.75) is 25.0 Å². The van der Waals surface area contributed by atoms with Crippen molar-refractivity contribution in [2.75, 3.05) is 12.8 Å². The fourth-order valence-electron chi connectivity index (χ4n) is 2.21. The van der Waals surface area contributed by atoms with Crippen molar-refractivity contribution in [1.82, 2.24) is 14.9 Å². The van der Waals surface area contributed by atoms with Crippen LogP contribution in [0.2, 0.25) is 0 Å². The van der Waals surface area contributed by atoms with Crippen molar-refractivity contribution < 1.29 is 0 Å². The summed E-state index contributed by atoms with van der Waals surface area (Å²) in [6.07, 6.45) is 3.82. The molecule has 2 rings (SSSR count). The second-order valence-electron chi connectivity index (χ2n) is 4.89. The van der Waals surface area contributed by atoms with Crippen LogP contribution in [0.5, 0.6) is 0 Å². The van der Waals surface area contributed by atoms with E-state index in [1.54, 1.807) is 11.8 Å². The summed E-state index contributed by atoms with van der Waals surface area (Å²) >= 11 is 1.78. The van der Waals surface area contributed by atoms with Crippen molar-refractivity contribution in [3.05, 3.63) is 47.3 Å². The van der Waals surface area contributed by atoms with E-state index in [-0.39, 0.29) is 0 Å². The van der Waals surface area contributed by atoms with Crippen molar-refractivity contribution >= 4 is 11.8 Å². The number of imidazole rings is 1. The van der Waals surface area contributed by atoms with Gasteiger partial charge in [0.25, 0.3) is 0 Å². The maximum absolute atomic E-state index is 4.35. The molecule has 0 amide bonds. The molecule has 0 saturated carbocycles. The van der Waals surface area contributed by atoms with Crippen LogP contribution in [0.15, 0.2) is 35.7 Å². The molecular weight excluding hydrogens is 254 g/mol. The Hall–Kier alpha value is -1.26. The first-order chi connectivity index (χ1) is 9.10. The number of aromatic nitrogens is 2. The molecule has 4 heteroatoms. The smallest absolute Gasteiger partial charge is 0.167 e. The monoisotopic (exact) mass is 275 g/mol. The minimum atomic E-state index is 0.348. The molecule has 0 radical (unpaired) electrons. The number of hydrogen-bond acceptors (Lipinski definition) is 3. The Morgan fingerprint density at radius 2 is 1.95 bits per heavy atom. The van der Waals surface area contributed by atoms with E-state index in [9.17, 15) is 0 Å². The fourth-order valence-corrected chi connectivity index (χ4v) is 3.28. The predicted octanol–water partition coefficient (Wildman–Crippen LogP) is 3.09. The molecule has 1 aromatic heterocycles. The van der Waals surface area contributed by atoms with Gasteiger partial charge in [-0.05, 0) is 26.5 Å². The average Bonchev–Trinajstić information content (AvgIpc) is 2.75. The number of nitrogens with one attached hydrogen (secondary N) is 1. The number of rotatable bonds is 5. The summed E-state index contributed by atoms with van der Waals surface area (Å²) in [6.45, 7) is 4.30. The largest absolute Gasteiger partial charge is 0.329 e. The van der Waals surface area contributed by atoms with Crippen LogP contribution >= 0.6 is 11.8 Å². The molecule has 3 nitrogen and oxygen atoms in total. The van der Waals surface area contributed by atoms with Crippen LogP contribution in [-0.2, 0) is 7.05 Å². The molecule has 1 unspecified atom stereocenters. The third-order valence-corrected chi connectivity index (χ3v) is 4.30. The average molecular weight is 275 g/mol. The zero-order chi connectivity index (χ0) is 13.8. The number of benzene rings is 1. The maximum atomic E-state index is 4.35. The number of thioether (sulfide) groups is 1. The summed E-state index contributed by atoms with van der Waals surface area (Å²) in [5.74, 6) is 0.976. The first-order valence-electron chi connectivity index (χ1n) is 6.45. The molecule has 1 N–H and O–H groups in total. The highest BCUT2D eigenvalue weighted by Gasteiger charge is 2.12. The standard InChI is InChI=1S/C15H21N3S/c1-11-7-12(2)9-13(8-11)14(16-3)10-19-15-17-5-6-18(15)4/h5-9,14,16H,10H2,1-4H3. The Kier molecular flexibility index (Phi) is 4.66. The Balaban J connectivity index is 2.09. The van der Waals surface area contributed by atoms with Gasteiger partial charge in [0, 0.05) is 31.2 Å². The molecule has 0 aliphatic heterocycles. The van der Waals surface area contributed by atoms with Gasteiger partial charge in [-0.1, -0.05) is 41.1 Å².